The van der Waals surface area contributed by atoms with Crippen molar-refractivity contribution in [3.8, 4) is 5.75 Å². The minimum atomic E-state index is -0.245. The van der Waals surface area contributed by atoms with Gasteiger partial charge in [0.15, 0.2) is 0 Å². The molecule has 5 heteroatoms. The Bertz CT molecular complexity index is 463. The molecule has 1 aromatic rings. The Kier molecular flexibility index (Phi) is 6.02. The van der Waals surface area contributed by atoms with Gasteiger partial charge in [-0.3, -0.25) is 4.79 Å². The molecule has 0 aliphatic carbocycles. The van der Waals surface area contributed by atoms with Crippen LogP contribution >= 0.6 is 0 Å². The largest absolute Gasteiger partial charge is 0.493 e. The highest BCUT2D eigenvalue weighted by atomic mass is 16.5. The maximum absolute atomic E-state index is 12.1. The molecule has 5 nitrogen and oxygen atoms in total. The molecule has 0 spiro atoms. The quantitative estimate of drug-likeness (QED) is 0.805. The number of hydrogen-bond acceptors (Lipinski definition) is 4. The summed E-state index contributed by atoms with van der Waals surface area (Å²) in [5.74, 6) is 0.974. The van der Waals surface area contributed by atoms with Crippen LogP contribution in [0.5, 0.6) is 5.75 Å². The summed E-state index contributed by atoms with van der Waals surface area (Å²) in [6, 6.07) is 7.85. The first-order valence-electron chi connectivity index (χ1n) is 7.39. The zero-order chi connectivity index (χ0) is 15.1. The monoisotopic (exact) mass is 293 g/mol. The number of amides is 1. The molecule has 0 saturated carbocycles. The van der Waals surface area contributed by atoms with Gasteiger partial charge in [0, 0.05) is 19.5 Å². The molecule has 1 aromatic carbocycles. The third-order valence-electron chi connectivity index (χ3n) is 3.58. The van der Waals surface area contributed by atoms with Crippen LogP contribution in [0.3, 0.4) is 0 Å². The number of ether oxygens (including phenoxy) is 2. The summed E-state index contributed by atoms with van der Waals surface area (Å²) in [4.78, 5) is 13.8. The zero-order valence-corrected chi connectivity index (χ0v) is 12.5. The lowest BCUT2D eigenvalue weighted by atomic mass is 10.2. The van der Waals surface area contributed by atoms with E-state index in [1.165, 1.54) is 0 Å². The van der Waals surface area contributed by atoms with Crippen molar-refractivity contribution in [3.05, 3.63) is 29.8 Å². The van der Waals surface area contributed by atoms with E-state index >= 15 is 0 Å². The Morgan fingerprint density at radius 2 is 2.29 bits per heavy atom. The molecule has 1 N–H and O–H groups in total. The molecule has 1 amide bonds. The fourth-order valence-corrected chi connectivity index (χ4v) is 2.34. The zero-order valence-electron chi connectivity index (χ0n) is 12.5. The van der Waals surface area contributed by atoms with Crippen molar-refractivity contribution in [1.82, 2.24) is 4.90 Å². The number of aliphatic hydroxyl groups excluding tert-OH is 1. The highest BCUT2D eigenvalue weighted by Crippen LogP contribution is 2.16. The number of carbonyl (C=O) groups excluding carboxylic acids is 1. The Balaban J connectivity index is 1.68. The van der Waals surface area contributed by atoms with Gasteiger partial charge in [-0.1, -0.05) is 18.2 Å². The van der Waals surface area contributed by atoms with Crippen LogP contribution in [0.1, 0.15) is 18.4 Å². The molecule has 0 aromatic heterocycles. The lowest BCUT2D eigenvalue weighted by Gasteiger charge is -2.32. The summed E-state index contributed by atoms with van der Waals surface area (Å²) in [5, 5.41) is 9.07. The summed E-state index contributed by atoms with van der Waals surface area (Å²) >= 11 is 0. The van der Waals surface area contributed by atoms with E-state index < -0.39 is 0 Å². The van der Waals surface area contributed by atoms with E-state index in [4.69, 9.17) is 14.6 Å². The number of aliphatic hydroxyl groups is 1. The third kappa shape index (κ3) is 4.72. The molecule has 2 rings (SSSR count). The van der Waals surface area contributed by atoms with Gasteiger partial charge < -0.3 is 19.5 Å². The number of carbonyl (C=O) groups is 1. The first kappa shape index (κ1) is 15.8. The van der Waals surface area contributed by atoms with E-state index in [1.54, 1.807) is 4.90 Å². The van der Waals surface area contributed by atoms with Crippen LogP contribution in [0.2, 0.25) is 0 Å². The number of para-hydroxylation sites is 1. The predicted octanol–water partition coefficient (Wildman–Crippen LogP) is 1.37. The number of rotatable bonds is 6. The van der Waals surface area contributed by atoms with Crippen LogP contribution in [0.15, 0.2) is 24.3 Å². The highest BCUT2D eigenvalue weighted by molar-refractivity contribution is 5.76. The summed E-state index contributed by atoms with van der Waals surface area (Å²) < 4.78 is 11.0. The Labute approximate surface area is 125 Å². The van der Waals surface area contributed by atoms with Gasteiger partial charge in [-0.05, 0) is 25.0 Å². The molecular weight excluding hydrogens is 270 g/mol. The van der Waals surface area contributed by atoms with Crippen molar-refractivity contribution in [1.29, 1.82) is 0 Å². The molecule has 21 heavy (non-hydrogen) atoms. The van der Waals surface area contributed by atoms with E-state index in [2.05, 4.69) is 0 Å². The molecule has 0 radical (unpaired) electrons. The van der Waals surface area contributed by atoms with E-state index in [1.807, 2.05) is 31.2 Å². The molecule has 1 saturated heterocycles. The minimum Gasteiger partial charge on any atom is -0.493 e. The predicted molar refractivity (Wildman–Crippen MR) is 79.3 cm³/mol. The second-order valence-corrected chi connectivity index (χ2v) is 5.23. The molecule has 1 aliphatic rings. The number of morpholine rings is 1. The van der Waals surface area contributed by atoms with Crippen molar-refractivity contribution in [2.24, 2.45) is 0 Å². The Hall–Kier alpha value is -1.59. The average molecular weight is 293 g/mol. The Morgan fingerprint density at radius 3 is 3.05 bits per heavy atom. The number of nitrogens with zero attached hydrogens (tertiary/aromatic N) is 1. The van der Waals surface area contributed by atoms with Crippen LogP contribution in [0.25, 0.3) is 0 Å². The van der Waals surface area contributed by atoms with Gasteiger partial charge in [-0.25, -0.2) is 0 Å². The fourth-order valence-electron chi connectivity index (χ4n) is 2.34. The van der Waals surface area contributed by atoms with E-state index in [0.717, 1.165) is 11.3 Å². The van der Waals surface area contributed by atoms with Gasteiger partial charge in [-0.2, -0.15) is 0 Å². The van der Waals surface area contributed by atoms with Crippen LogP contribution in [-0.2, 0) is 9.53 Å². The molecule has 1 heterocycles. The standard InChI is InChI=1S/C16H23NO4/c1-13-5-2-3-6-15(13)21-9-4-7-16(19)17-8-10-20-14(11-17)12-18/h2-3,5-6,14,18H,4,7-12H2,1H3. The van der Waals surface area contributed by atoms with Gasteiger partial charge in [0.25, 0.3) is 0 Å². The third-order valence-corrected chi connectivity index (χ3v) is 3.58. The van der Waals surface area contributed by atoms with Gasteiger partial charge in [0.05, 0.1) is 25.9 Å². The number of aryl methyl sites for hydroxylation is 1. The summed E-state index contributed by atoms with van der Waals surface area (Å²) in [5.41, 5.74) is 1.10. The van der Waals surface area contributed by atoms with Gasteiger partial charge >= 0.3 is 0 Å². The Morgan fingerprint density at radius 1 is 1.48 bits per heavy atom. The highest BCUT2D eigenvalue weighted by Gasteiger charge is 2.23. The van der Waals surface area contributed by atoms with Crippen LogP contribution in [0.4, 0.5) is 0 Å². The summed E-state index contributed by atoms with van der Waals surface area (Å²) in [6.07, 6.45) is 0.907. The average Bonchev–Trinajstić information content (AvgIpc) is 2.53. The second-order valence-electron chi connectivity index (χ2n) is 5.23. The van der Waals surface area contributed by atoms with Crippen LogP contribution in [-0.4, -0.2) is 54.9 Å². The summed E-state index contributed by atoms with van der Waals surface area (Å²) in [6.45, 7) is 4.08. The maximum atomic E-state index is 12.1. The van der Waals surface area contributed by atoms with Crippen molar-refractivity contribution < 1.29 is 19.4 Å². The first-order valence-corrected chi connectivity index (χ1v) is 7.39. The molecule has 1 unspecified atom stereocenters. The molecule has 1 atom stereocenters. The van der Waals surface area contributed by atoms with Crippen molar-refractivity contribution in [3.63, 3.8) is 0 Å². The first-order chi connectivity index (χ1) is 10.2. The van der Waals surface area contributed by atoms with Crippen molar-refractivity contribution in [2.45, 2.75) is 25.9 Å². The van der Waals surface area contributed by atoms with Gasteiger partial charge in [0.2, 0.25) is 5.91 Å². The van der Waals surface area contributed by atoms with E-state index in [-0.39, 0.29) is 18.6 Å². The molecule has 116 valence electrons. The second kappa shape index (κ2) is 8.00. The molecule has 1 fully saturated rings. The normalized spacial score (nSPS) is 18.6. The smallest absolute Gasteiger partial charge is 0.222 e. The van der Waals surface area contributed by atoms with Gasteiger partial charge in [0.1, 0.15) is 5.75 Å². The molecular formula is C16H23NO4. The number of benzene rings is 1. The lowest BCUT2D eigenvalue weighted by molar-refractivity contribution is -0.140. The van der Waals surface area contributed by atoms with Crippen LogP contribution < -0.4 is 4.74 Å². The molecule has 0 bridgehead atoms. The maximum Gasteiger partial charge on any atom is 0.222 e. The SMILES string of the molecule is Cc1ccccc1OCCCC(=O)N1CCOC(CO)C1. The summed E-state index contributed by atoms with van der Waals surface area (Å²) in [7, 11) is 0. The van der Waals surface area contributed by atoms with E-state index in [0.29, 0.717) is 39.1 Å². The van der Waals surface area contributed by atoms with Crippen molar-refractivity contribution in [2.75, 3.05) is 32.9 Å². The van der Waals surface area contributed by atoms with Crippen LogP contribution in [0, 0.1) is 6.92 Å². The van der Waals surface area contributed by atoms with E-state index in [9.17, 15) is 4.79 Å². The fraction of sp³-hybridized carbons (Fsp3) is 0.562. The van der Waals surface area contributed by atoms with Gasteiger partial charge in [-0.15, -0.1) is 0 Å². The lowest BCUT2D eigenvalue weighted by Crippen LogP contribution is -2.46. The topological polar surface area (TPSA) is 59.0 Å². The minimum absolute atomic E-state index is 0.0415. The number of hydrogen-bond donors (Lipinski definition) is 1. The molecule has 1 aliphatic heterocycles. The van der Waals surface area contributed by atoms with Crippen molar-refractivity contribution >= 4 is 5.91 Å².